The molecule has 1 atom stereocenters. The summed E-state index contributed by atoms with van der Waals surface area (Å²) in [5.74, 6) is -0.0102. The van der Waals surface area contributed by atoms with Crippen molar-refractivity contribution in [2.45, 2.75) is 19.3 Å². The molecule has 0 saturated heterocycles. The Bertz CT molecular complexity index is 584. The molecular weight excluding hydrogens is 208 g/mol. The Labute approximate surface area is 101 Å². The lowest BCUT2D eigenvalue weighted by molar-refractivity contribution is -0.108. The number of hydrogen-bond acceptors (Lipinski definition) is 1. The van der Waals surface area contributed by atoms with Crippen molar-refractivity contribution in [3.05, 3.63) is 59.2 Å². The fourth-order valence-electron chi connectivity index (χ4n) is 2.53. The van der Waals surface area contributed by atoms with Crippen molar-refractivity contribution in [1.29, 1.82) is 0 Å². The van der Waals surface area contributed by atoms with Gasteiger partial charge in [0.15, 0.2) is 0 Å². The average Bonchev–Trinajstić information content (AvgIpc) is 2.75. The molecule has 0 amide bonds. The topological polar surface area (TPSA) is 17.1 Å². The summed E-state index contributed by atoms with van der Waals surface area (Å²) >= 11 is 0. The van der Waals surface area contributed by atoms with E-state index in [0.29, 0.717) is 0 Å². The zero-order chi connectivity index (χ0) is 11.8. The minimum absolute atomic E-state index is 0.0102. The van der Waals surface area contributed by atoms with E-state index in [0.717, 1.165) is 18.3 Å². The van der Waals surface area contributed by atoms with Gasteiger partial charge in [-0.15, -0.1) is 0 Å². The second kappa shape index (κ2) is 3.85. The van der Waals surface area contributed by atoms with E-state index in [1.807, 2.05) is 6.92 Å². The Balaban J connectivity index is 2.10. The first-order chi connectivity index (χ1) is 8.29. The molecule has 0 heterocycles. The lowest BCUT2D eigenvalue weighted by atomic mass is 9.97. The van der Waals surface area contributed by atoms with Gasteiger partial charge in [-0.3, -0.25) is 0 Å². The third-order valence-electron chi connectivity index (χ3n) is 3.55. The summed E-state index contributed by atoms with van der Waals surface area (Å²) < 4.78 is 0. The van der Waals surface area contributed by atoms with Crippen molar-refractivity contribution >= 4 is 6.29 Å². The van der Waals surface area contributed by atoms with Crippen molar-refractivity contribution in [3.63, 3.8) is 0 Å². The Morgan fingerprint density at radius 1 is 1.06 bits per heavy atom. The molecular formula is C16H14O. The van der Waals surface area contributed by atoms with E-state index in [1.54, 1.807) is 0 Å². The third-order valence-corrected chi connectivity index (χ3v) is 3.55. The smallest absolute Gasteiger partial charge is 0.127 e. The van der Waals surface area contributed by atoms with Crippen molar-refractivity contribution in [3.8, 4) is 11.1 Å². The van der Waals surface area contributed by atoms with Gasteiger partial charge in [-0.25, -0.2) is 0 Å². The molecule has 2 aromatic rings. The minimum Gasteiger partial charge on any atom is -0.303 e. The first-order valence-corrected chi connectivity index (χ1v) is 5.96. The fraction of sp³-hybridized carbons (Fsp3) is 0.188. The Hall–Kier alpha value is -1.89. The number of hydrogen-bond donors (Lipinski definition) is 0. The molecule has 0 saturated carbocycles. The predicted molar refractivity (Wildman–Crippen MR) is 69.2 cm³/mol. The maximum Gasteiger partial charge on any atom is 0.127 e. The number of rotatable bonds is 2. The molecule has 1 aliphatic carbocycles. The van der Waals surface area contributed by atoms with Gasteiger partial charge < -0.3 is 4.79 Å². The molecule has 0 bridgehead atoms. The molecule has 2 aromatic carbocycles. The van der Waals surface area contributed by atoms with Gasteiger partial charge in [0, 0.05) is 5.92 Å². The maximum atomic E-state index is 10.8. The van der Waals surface area contributed by atoms with E-state index < -0.39 is 0 Å². The van der Waals surface area contributed by atoms with Crippen LogP contribution in [0.4, 0.5) is 0 Å². The molecule has 0 radical (unpaired) electrons. The number of carbonyl (C=O) groups excluding carboxylic acids is 1. The van der Waals surface area contributed by atoms with Crippen LogP contribution in [0.5, 0.6) is 0 Å². The molecule has 0 aliphatic heterocycles. The monoisotopic (exact) mass is 222 g/mol. The Kier molecular flexibility index (Phi) is 2.32. The highest BCUT2D eigenvalue weighted by Gasteiger charge is 2.18. The number of fused-ring (bicyclic) bond motifs is 3. The summed E-state index contributed by atoms with van der Waals surface area (Å²) in [6, 6.07) is 14.9. The zero-order valence-electron chi connectivity index (χ0n) is 9.81. The standard InChI is InChI=1S/C16H14O/c1-11(10-17)12-6-7-16-14(8-12)9-13-4-2-3-5-15(13)16/h2-8,10-11H,9H2,1H3. The second-order valence-electron chi connectivity index (χ2n) is 4.68. The quantitative estimate of drug-likeness (QED) is 0.606. The van der Waals surface area contributed by atoms with Gasteiger partial charge in [0.05, 0.1) is 0 Å². The molecule has 17 heavy (non-hydrogen) atoms. The van der Waals surface area contributed by atoms with Gasteiger partial charge >= 0.3 is 0 Å². The van der Waals surface area contributed by atoms with Crippen molar-refractivity contribution < 1.29 is 4.79 Å². The van der Waals surface area contributed by atoms with Crippen LogP contribution in [0.1, 0.15) is 29.5 Å². The molecule has 3 rings (SSSR count). The van der Waals surface area contributed by atoms with Crippen LogP contribution in [0.2, 0.25) is 0 Å². The van der Waals surface area contributed by atoms with Gasteiger partial charge in [-0.2, -0.15) is 0 Å². The zero-order valence-corrected chi connectivity index (χ0v) is 9.81. The van der Waals surface area contributed by atoms with E-state index in [9.17, 15) is 4.79 Å². The highest BCUT2D eigenvalue weighted by atomic mass is 16.1. The highest BCUT2D eigenvalue weighted by molar-refractivity contribution is 5.77. The minimum atomic E-state index is -0.0102. The summed E-state index contributed by atoms with van der Waals surface area (Å²) in [7, 11) is 0. The van der Waals surface area contributed by atoms with Crippen LogP contribution in [-0.2, 0) is 11.2 Å². The van der Waals surface area contributed by atoms with Crippen LogP contribution in [0.15, 0.2) is 42.5 Å². The van der Waals surface area contributed by atoms with E-state index in [4.69, 9.17) is 0 Å². The van der Waals surface area contributed by atoms with E-state index in [1.165, 1.54) is 22.3 Å². The third kappa shape index (κ3) is 1.59. The van der Waals surface area contributed by atoms with E-state index in [-0.39, 0.29) is 5.92 Å². The highest BCUT2D eigenvalue weighted by Crippen LogP contribution is 2.37. The van der Waals surface area contributed by atoms with Crippen LogP contribution in [0, 0.1) is 0 Å². The van der Waals surface area contributed by atoms with Gasteiger partial charge in [-0.1, -0.05) is 49.4 Å². The first-order valence-electron chi connectivity index (χ1n) is 5.96. The van der Waals surface area contributed by atoms with Crippen LogP contribution in [-0.4, -0.2) is 6.29 Å². The van der Waals surface area contributed by atoms with Crippen LogP contribution in [0.3, 0.4) is 0 Å². The Morgan fingerprint density at radius 2 is 1.82 bits per heavy atom. The van der Waals surface area contributed by atoms with Crippen molar-refractivity contribution in [2.75, 3.05) is 0 Å². The van der Waals surface area contributed by atoms with E-state index >= 15 is 0 Å². The number of carbonyl (C=O) groups is 1. The van der Waals surface area contributed by atoms with Gasteiger partial charge in [0.1, 0.15) is 6.29 Å². The van der Waals surface area contributed by atoms with Crippen LogP contribution < -0.4 is 0 Å². The van der Waals surface area contributed by atoms with Crippen molar-refractivity contribution in [1.82, 2.24) is 0 Å². The fourth-order valence-corrected chi connectivity index (χ4v) is 2.53. The summed E-state index contributed by atoms with van der Waals surface area (Å²) in [5, 5.41) is 0. The first kappa shape index (κ1) is 10.3. The number of aldehydes is 1. The molecule has 1 heteroatoms. The molecule has 1 nitrogen and oxygen atoms in total. The molecule has 1 aliphatic rings. The lowest BCUT2D eigenvalue weighted by Gasteiger charge is -2.07. The normalized spacial score (nSPS) is 13.9. The molecule has 0 spiro atoms. The largest absolute Gasteiger partial charge is 0.303 e. The summed E-state index contributed by atoms with van der Waals surface area (Å²) in [4.78, 5) is 10.8. The summed E-state index contributed by atoms with van der Waals surface area (Å²) in [6.07, 6.45) is 1.99. The molecule has 1 unspecified atom stereocenters. The number of benzene rings is 2. The van der Waals surface area contributed by atoms with Crippen LogP contribution >= 0.6 is 0 Å². The SMILES string of the molecule is CC(C=O)c1ccc2c(c1)Cc1ccccc1-2. The second-order valence-corrected chi connectivity index (χ2v) is 4.68. The summed E-state index contributed by atoms with van der Waals surface area (Å²) in [6.45, 7) is 1.94. The Morgan fingerprint density at radius 3 is 2.65 bits per heavy atom. The molecule has 0 aromatic heterocycles. The van der Waals surface area contributed by atoms with Crippen LogP contribution in [0.25, 0.3) is 11.1 Å². The average molecular weight is 222 g/mol. The molecule has 84 valence electrons. The van der Waals surface area contributed by atoms with Gasteiger partial charge in [-0.05, 0) is 34.2 Å². The van der Waals surface area contributed by atoms with E-state index in [2.05, 4.69) is 42.5 Å². The molecule has 0 fully saturated rings. The lowest BCUT2D eigenvalue weighted by Crippen LogP contribution is -1.95. The van der Waals surface area contributed by atoms with Gasteiger partial charge in [0.25, 0.3) is 0 Å². The summed E-state index contributed by atoms with van der Waals surface area (Å²) in [5.41, 5.74) is 6.51. The molecule has 0 N–H and O–H groups in total. The predicted octanol–water partition coefficient (Wildman–Crippen LogP) is 3.56. The maximum absolute atomic E-state index is 10.8. The van der Waals surface area contributed by atoms with Crippen molar-refractivity contribution in [2.24, 2.45) is 0 Å². The van der Waals surface area contributed by atoms with Gasteiger partial charge in [0.2, 0.25) is 0 Å².